The molecule has 3 heterocycles. The summed E-state index contributed by atoms with van der Waals surface area (Å²) in [5.41, 5.74) is 6.32. The fraction of sp³-hybridized carbons (Fsp3) is 0.296. The van der Waals surface area contributed by atoms with Gasteiger partial charge >= 0.3 is 0 Å². The first-order chi connectivity index (χ1) is 16.8. The van der Waals surface area contributed by atoms with Crippen LogP contribution >= 0.6 is 23.2 Å². The second-order valence-corrected chi connectivity index (χ2v) is 9.87. The molecule has 2 aromatic heterocycles. The monoisotopic (exact) mass is 507 g/mol. The summed E-state index contributed by atoms with van der Waals surface area (Å²) in [6.45, 7) is 7.70. The number of carbonyl (C=O) groups is 1. The Morgan fingerprint density at radius 1 is 0.971 bits per heavy atom. The lowest BCUT2D eigenvalue weighted by Gasteiger charge is -2.35. The SMILES string of the molecule is Cc1nn(C)c(C)c1-c1cc(C(=O)N2CCN(Cc3ccc(Cl)c(Cl)c3)CC2)c2ccccc2n1. The summed E-state index contributed by atoms with van der Waals surface area (Å²) >= 11 is 12.2. The predicted octanol–water partition coefficient (Wildman–Crippen LogP) is 5.52. The molecule has 1 amide bonds. The lowest BCUT2D eigenvalue weighted by Crippen LogP contribution is -2.48. The molecule has 180 valence electrons. The average molecular weight is 508 g/mol. The zero-order chi connectivity index (χ0) is 24.7. The number of rotatable bonds is 4. The average Bonchev–Trinajstić information content (AvgIpc) is 3.11. The number of hydrogen-bond donors (Lipinski definition) is 0. The zero-order valence-corrected chi connectivity index (χ0v) is 21.6. The minimum Gasteiger partial charge on any atom is -0.336 e. The van der Waals surface area contributed by atoms with Crippen LogP contribution in [0, 0.1) is 13.8 Å². The van der Waals surface area contributed by atoms with Gasteiger partial charge in [-0.25, -0.2) is 4.98 Å². The number of para-hydroxylation sites is 1. The molecular weight excluding hydrogens is 481 g/mol. The summed E-state index contributed by atoms with van der Waals surface area (Å²) in [6.07, 6.45) is 0. The number of pyridine rings is 1. The Hall–Kier alpha value is -2.93. The maximum atomic E-state index is 13.7. The molecule has 0 saturated carbocycles. The summed E-state index contributed by atoms with van der Waals surface area (Å²) in [5, 5.41) is 6.55. The molecule has 4 aromatic rings. The van der Waals surface area contributed by atoms with E-state index >= 15 is 0 Å². The van der Waals surface area contributed by atoms with Gasteiger partial charge in [0.2, 0.25) is 0 Å². The van der Waals surface area contributed by atoms with Crippen molar-refractivity contribution in [2.24, 2.45) is 7.05 Å². The molecule has 35 heavy (non-hydrogen) atoms. The van der Waals surface area contributed by atoms with Crippen molar-refractivity contribution in [3.63, 3.8) is 0 Å². The number of fused-ring (bicyclic) bond motifs is 1. The van der Waals surface area contributed by atoms with Gasteiger partial charge in [-0.1, -0.05) is 47.5 Å². The van der Waals surface area contributed by atoms with Gasteiger partial charge in [-0.2, -0.15) is 5.10 Å². The Morgan fingerprint density at radius 3 is 2.40 bits per heavy atom. The molecule has 0 spiro atoms. The summed E-state index contributed by atoms with van der Waals surface area (Å²) in [7, 11) is 1.93. The first-order valence-corrected chi connectivity index (χ1v) is 12.4. The van der Waals surface area contributed by atoms with Gasteiger partial charge in [0, 0.05) is 56.4 Å². The zero-order valence-electron chi connectivity index (χ0n) is 20.1. The van der Waals surface area contributed by atoms with Crippen molar-refractivity contribution in [2.75, 3.05) is 26.2 Å². The molecule has 5 rings (SSSR count). The Balaban J connectivity index is 1.39. The summed E-state index contributed by atoms with van der Waals surface area (Å²) in [5.74, 6) is 0.0400. The van der Waals surface area contributed by atoms with E-state index < -0.39 is 0 Å². The van der Waals surface area contributed by atoms with Crippen LogP contribution in [0.3, 0.4) is 0 Å². The van der Waals surface area contributed by atoms with Crippen LogP contribution in [0.2, 0.25) is 10.0 Å². The Morgan fingerprint density at radius 2 is 1.71 bits per heavy atom. The third-order valence-electron chi connectivity index (χ3n) is 6.76. The van der Waals surface area contributed by atoms with E-state index in [0.717, 1.165) is 58.7 Å². The molecule has 8 heteroatoms. The second-order valence-electron chi connectivity index (χ2n) is 9.06. The first kappa shape index (κ1) is 23.8. The highest BCUT2D eigenvalue weighted by Gasteiger charge is 2.25. The quantitative estimate of drug-likeness (QED) is 0.365. The molecule has 0 N–H and O–H groups in total. The standard InChI is InChI=1S/C27H27Cl2N5O/c1-17-26(18(2)32(3)31-17)25-15-21(20-6-4-5-7-24(20)30-25)27(35)34-12-10-33(11-13-34)16-19-8-9-22(28)23(29)14-19/h4-9,14-15H,10-13,16H2,1-3H3. The first-order valence-electron chi connectivity index (χ1n) is 11.7. The van der Waals surface area contributed by atoms with Crippen LogP contribution in [0.4, 0.5) is 0 Å². The molecule has 2 aromatic carbocycles. The Bertz CT molecular complexity index is 1420. The van der Waals surface area contributed by atoms with E-state index in [0.29, 0.717) is 28.7 Å². The topological polar surface area (TPSA) is 54.3 Å². The number of nitrogens with zero attached hydrogens (tertiary/aromatic N) is 5. The van der Waals surface area contributed by atoms with Crippen LogP contribution in [-0.4, -0.2) is 56.7 Å². The van der Waals surface area contributed by atoms with Crippen LogP contribution in [-0.2, 0) is 13.6 Å². The second kappa shape index (κ2) is 9.61. The molecule has 0 bridgehead atoms. The van der Waals surface area contributed by atoms with Crippen molar-refractivity contribution >= 4 is 40.0 Å². The van der Waals surface area contributed by atoms with Crippen molar-refractivity contribution in [2.45, 2.75) is 20.4 Å². The van der Waals surface area contributed by atoms with Crippen molar-refractivity contribution in [3.05, 3.63) is 81.1 Å². The third-order valence-corrected chi connectivity index (χ3v) is 7.50. The summed E-state index contributed by atoms with van der Waals surface area (Å²) in [4.78, 5) is 22.9. The van der Waals surface area contributed by atoms with E-state index in [-0.39, 0.29) is 5.91 Å². The van der Waals surface area contributed by atoms with Gasteiger partial charge in [0.25, 0.3) is 5.91 Å². The van der Waals surface area contributed by atoms with E-state index in [1.54, 1.807) is 0 Å². The lowest BCUT2D eigenvalue weighted by molar-refractivity contribution is 0.0630. The van der Waals surface area contributed by atoms with Gasteiger partial charge in [0.05, 0.1) is 32.5 Å². The van der Waals surface area contributed by atoms with Crippen LogP contribution in [0.25, 0.3) is 22.2 Å². The molecule has 1 fully saturated rings. The van der Waals surface area contributed by atoms with E-state index in [2.05, 4.69) is 10.00 Å². The van der Waals surface area contributed by atoms with Gasteiger partial charge in [0.15, 0.2) is 0 Å². The van der Waals surface area contributed by atoms with E-state index in [1.807, 2.05) is 79.0 Å². The maximum absolute atomic E-state index is 13.7. The Labute approximate surface area is 215 Å². The fourth-order valence-electron chi connectivity index (χ4n) is 4.80. The third kappa shape index (κ3) is 4.66. The highest BCUT2D eigenvalue weighted by atomic mass is 35.5. The number of amides is 1. The Kier molecular flexibility index (Phi) is 6.53. The lowest BCUT2D eigenvalue weighted by atomic mass is 10.0. The van der Waals surface area contributed by atoms with Gasteiger partial charge in [-0.3, -0.25) is 14.4 Å². The largest absolute Gasteiger partial charge is 0.336 e. The van der Waals surface area contributed by atoms with E-state index in [4.69, 9.17) is 28.2 Å². The van der Waals surface area contributed by atoms with Gasteiger partial charge in [-0.15, -0.1) is 0 Å². The minimum atomic E-state index is 0.0400. The fourth-order valence-corrected chi connectivity index (χ4v) is 5.12. The van der Waals surface area contributed by atoms with Gasteiger partial charge in [0.1, 0.15) is 0 Å². The predicted molar refractivity (Wildman–Crippen MR) is 141 cm³/mol. The van der Waals surface area contributed by atoms with Gasteiger partial charge in [-0.05, 0) is 43.7 Å². The number of aryl methyl sites for hydroxylation is 2. The maximum Gasteiger partial charge on any atom is 0.254 e. The summed E-state index contributed by atoms with van der Waals surface area (Å²) < 4.78 is 1.86. The number of halogens is 2. The molecule has 0 atom stereocenters. The van der Waals surface area contributed by atoms with Crippen LogP contribution in [0.1, 0.15) is 27.3 Å². The molecule has 1 aliphatic rings. The van der Waals surface area contributed by atoms with Crippen molar-refractivity contribution in [3.8, 4) is 11.3 Å². The molecule has 1 saturated heterocycles. The molecular formula is C27H27Cl2N5O. The highest BCUT2D eigenvalue weighted by molar-refractivity contribution is 6.42. The van der Waals surface area contributed by atoms with Crippen molar-refractivity contribution in [1.29, 1.82) is 0 Å². The molecule has 1 aliphatic heterocycles. The van der Waals surface area contributed by atoms with Crippen LogP contribution in [0.15, 0.2) is 48.5 Å². The number of hydrogen-bond acceptors (Lipinski definition) is 4. The number of aromatic nitrogens is 3. The summed E-state index contributed by atoms with van der Waals surface area (Å²) in [6, 6.07) is 15.5. The molecule has 0 unspecified atom stereocenters. The van der Waals surface area contributed by atoms with E-state index in [1.165, 1.54) is 0 Å². The van der Waals surface area contributed by atoms with Gasteiger partial charge < -0.3 is 4.90 Å². The van der Waals surface area contributed by atoms with Crippen molar-refractivity contribution < 1.29 is 4.79 Å². The number of benzene rings is 2. The molecule has 6 nitrogen and oxygen atoms in total. The minimum absolute atomic E-state index is 0.0400. The number of carbonyl (C=O) groups excluding carboxylic acids is 1. The van der Waals surface area contributed by atoms with Crippen molar-refractivity contribution in [1.82, 2.24) is 24.6 Å². The normalized spacial score (nSPS) is 14.6. The van der Waals surface area contributed by atoms with E-state index in [9.17, 15) is 4.79 Å². The molecule has 0 radical (unpaired) electrons. The van der Waals surface area contributed by atoms with Crippen LogP contribution < -0.4 is 0 Å². The number of piperazine rings is 1. The smallest absolute Gasteiger partial charge is 0.254 e. The highest BCUT2D eigenvalue weighted by Crippen LogP contribution is 2.30. The molecule has 0 aliphatic carbocycles. The van der Waals surface area contributed by atoms with Crippen LogP contribution in [0.5, 0.6) is 0 Å².